The predicted molar refractivity (Wildman–Crippen MR) is 108 cm³/mol. The number of rotatable bonds is 5. The third kappa shape index (κ3) is 6.35. The monoisotopic (exact) mass is 444 g/mol. The molecule has 1 aromatic heterocycles. The van der Waals surface area contributed by atoms with Crippen LogP contribution < -0.4 is 10.6 Å². The zero-order valence-electron chi connectivity index (χ0n) is 13.3. The van der Waals surface area contributed by atoms with Gasteiger partial charge in [0, 0.05) is 26.3 Å². The van der Waals surface area contributed by atoms with E-state index in [1.165, 1.54) is 11.1 Å². The smallest absolute Gasteiger partial charge is 0.191 e. The summed E-state index contributed by atoms with van der Waals surface area (Å²) in [5, 5.41) is 7.11. The van der Waals surface area contributed by atoms with E-state index in [4.69, 9.17) is 11.6 Å². The van der Waals surface area contributed by atoms with Crippen LogP contribution in [0.25, 0.3) is 0 Å². The van der Waals surface area contributed by atoms with E-state index in [9.17, 15) is 0 Å². The van der Waals surface area contributed by atoms with Gasteiger partial charge in [0.25, 0.3) is 0 Å². The fourth-order valence-electron chi connectivity index (χ4n) is 2.17. The molecule has 0 amide bonds. The molecule has 0 radical (unpaired) electrons. The number of aromatic nitrogens is 1. The molecule has 0 atom stereocenters. The second kappa shape index (κ2) is 10.4. The second-order valence-corrected chi connectivity index (χ2v) is 5.28. The molecule has 2 rings (SSSR count). The van der Waals surface area contributed by atoms with Gasteiger partial charge in [-0.3, -0.25) is 4.99 Å². The second-order valence-electron chi connectivity index (χ2n) is 4.89. The molecule has 0 aliphatic rings. The van der Waals surface area contributed by atoms with E-state index in [2.05, 4.69) is 51.8 Å². The lowest BCUT2D eigenvalue weighted by Crippen LogP contribution is -2.36. The van der Waals surface area contributed by atoms with Crippen molar-refractivity contribution in [3.05, 3.63) is 64.4 Å². The fraction of sp³-hybridized carbons (Fsp3) is 0.294. The number of pyridine rings is 1. The Morgan fingerprint density at radius 2 is 1.78 bits per heavy atom. The molecule has 4 nitrogen and oxygen atoms in total. The van der Waals surface area contributed by atoms with Crippen LogP contribution in [0.5, 0.6) is 0 Å². The molecule has 2 aromatic rings. The Hall–Kier alpha value is -1.34. The first-order chi connectivity index (χ1) is 10.7. The molecule has 0 aliphatic carbocycles. The van der Waals surface area contributed by atoms with E-state index in [-0.39, 0.29) is 24.0 Å². The lowest BCUT2D eigenvalue weighted by molar-refractivity contribution is 0.801. The third-order valence-corrected chi connectivity index (χ3v) is 3.64. The highest BCUT2D eigenvalue weighted by Crippen LogP contribution is 2.09. The summed E-state index contributed by atoms with van der Waals surface area (Å²) < 4.78 is 0. The normalized spacial score (nSPS) is 10.8. The Morgan fingerprint density at radius 3 is 2.39 bits per heavy atom. The SMILES string of the molecule is CCc1ccccc1CNC(=NC)NCc1ccc(Cl)nc1.I. The van der Waals surface area contributed by atoms with Gasteiger partial charge in [0.2, 0.25) is 0 Å². The minimum absolute atomic E-state index is 0. The van der Waals surface area contributed by atoms with E-state index < -0.39 is 0 Å². The van der Waals surface area contributed by atoms with Gasteiger partial charge in [-0.05, 0) is 29.2 Å². The summed E-state index contributed by atoms with van der Waals surface area (Å²) in [6.07, 6.45) is 2.79. The number of nitrogens with one attached hydrogen (secondary N) is 2. The average Bonchev–Trinajstić information content (AvgIpc) is 2.57. The number of benzene rings is 1. The Balaban J connectivity index is 0.00000264. The van der Waals surface area contributed by atoms with Gasteiger partial charge in [-0.25, -0.2) is 4.98 Å². The number of hydrogen-bond donors (Lipinski definition) is 2. The Kier molecular flexibility index (Phi) is 8.94. The Bertz CT molecular complexity index is 629. The first-order valence-electron chi connectivity index (χ1n) is 7.34. The van der Waals surface area contributed by atoms with E-state index in [0.29, 0.717) is 11.7 Å². The largest absolute Gasteiger partial charge is 0.352 e. The minimum Gasteiger partial charge on any atom is -0.352 e. The molecule has 0 fully saturated rings. The predicted octanol–water partition coefficient (Wildman–Crippen LogP) is 3.78. The van der Waals surface area contributed by atoms with Crippen LogP contribution in [0.1, 0.15) is 23.6 Å². The standard InChI is InChI=1S/C17H21ClN4.HI/c1-3-14-6-4-5-7-15(14)12-22-17(19-2)21-11-13-8-9-16(18)20-10-13;/h4-10H,3,11-12H2,1-2H3,(H2,19,21,22);1H. The lowest BCUT2D eigenvalue weighted by Gasteiger charge is -2.13. The van der Waals surface area contributed by atoms with Crippen LogP contribution >= 0.6 is 35.6 Å². The van der Waals surface area contributed by atoms with E-state index in [0.717, 1.165) is 24.5 Å². The van der Waals surface area contributed by atoms with Crippen LogP contribution in [0.2, 0.25) is 5.15 Å². The van der Waals surface area contributed by atoms with Gasteiger partial charge in [0.05, 0.1) is 0 Å². The molecule has 2 N–H and O–H groups in total. The lowest BCUT2D eigenvalue weighted by atomic mass is 10.1. The van der Waals surface area contributed by atoms with Crippen LogP contribution in [0.15, 0.2) is 47.6 Å². The van der Waals surface area contributed by atoms with E-state index in [1.54, 1.807) is 19.3 Å². The van der Waals surface area contributed by atoms with Crippen molar-refractivity contribution in [3.63, 3.8) is 0 Å². The van der Waals surface area contributed by atoms with Crippen LogP contribution in [0, 0.1) is 0 Å². The summed E-state index contributed by atoms with van der Waals surface area (Å²) in [4.78, 5) is 8.30. The number of hydrogen-bond acceptors (Lipinski definition) is 2. The van der Waals surface area contributed by atoms with Crippen molar-refractivity contribution in [3.8, 4) is 0 Å². The Labute approximate surface area is 159 Å². The highest BCUT2D eigenvalue weighted by Gasteiger charge is 2.02. The zero-order valence-corrected chi connectivity index (χ0v) is 16.4. The van der Waals surface area contributed by atoms with E-state index >= 15 is 0 Å². The molecule has 0 saturated heterocycles. The minimum atomic E-state index is 0. The molecule has 6 heteroatoms. The quantitative estimate of drug-likeness (QED) is 0.319. The molecular weight excluding hydrogens is 423 g/mol. The van der Waals surface area contributed by atoms with Gasteiger partial charge in [-0.2, -0.15) is 0 Å². The van der Waals surface area contributed by atoms with Crippen LogP contribution in [-0.4, -0.2) is 18.0 Å². The molecule has 0 unspecified atom stereocenters. The van der Waals surface area contributed by atoms with Gasteiger partial charge in [0.1, 0.15) is 5.15 Å². The number of aryl methyl sites for hydroxylation is 1. The highest BCUT2D eigenvalue weighted by atomic mass is 127. The highest BCUT2D eigenvalue weighted by molar-refractivity contribution is 14.0. The van der Waals surface area contributed by atoms with Gasteiger partial charge in [-0.1, -0.05) is 48.9 Å². The molecular formula is C17H22ClIN4. The van der Waals surface area contributed by atoms with Crippen molar-refractivity contribution in [2.75, 3.05) is 7.05 Å². The average molecular weight is 445 g/mol. The molecule has 124 valence electrons. The summed E-state index contributed by atoms with van der Waals surface area (Å²) >= 11 is 5.78. The van der Waals surface area contributed by atoms with E-state index in [1.807, 2.05) is 6.07 Å². The molecule has 0 saturated carbocycles. The molecule has 0 bridgehead atoms. The summed E-state index contributed by atoms with van der Waals surface area (Å²) in [5.74, 6) is 0.765. The summed E-state index contributed by atoms with van der Waals surface area (Å²) in [5.41, 5.74) is 3.70. The zero-order chi connectivity index (χ0) is 15.8. The van der Waals surface area contributed by atoms with Gasteiger partial charge in [-0.15, -0.1) is 24.0 Å². The van der Waals surface area contributed by atoms with Crippen LogP contribution in [-0.2, 0) is 19.5 Å². The maximum absolute atomic E-state index is 5.78. The fourth-order valence-corrected chi connectivity index (χ4v) is 2.28. The van der Waals surface area contributed by atoms with Crippen LogP contribution in [0.4, 0.5) is 0 Å². The van der Waals surface area contributed by atoms with Gasteiger partial charge >= 0.3 is 0 Å². The maximum atomic E-state index is 5.78. The summed E-state index contributed by atoms with van der Waals surface area (Å²) in [7, 11) is 1.77. The number of guanidine groups is 1. The topological polar surface area (TPSA) is 49.3 Å². The molecule has 1 aromatic carbocycles. The van der Waals surface area contributed by atoms with Gasteiger partial charge in [0.15, 0.2) is 5.96 Å². The number of aliphatic imine (C=N–C) groups is 1. The van der Waals surface area contributed by atoms with Crippen LogP contribution in [0.3, 0.4) is 0 Å². The van der Waals surface area contributed by atoms with Crippen molar-refractivity contribution >= 4 is 41.5 Å². The summed E-state index contributed by atoms with van der Waals surface area (Å²) in [6, 6.07) is 12.2. The molecule has 23 heavy (non-hydrogen) atoms. The maximum Gasteiger partial charge on any atom is 0.191 e. The first-order valence-corrected chi connectivity index (χ1v) is 7.72. The third-order valence-electron chi connectivity index (χ3n) is 3.42. The number of nitrogens with zero attached hydrogens (tertiary/aromatic N) is 2. The first kappa shape index (κ1) is 19.7. The van der Waals surface area contributed by atoms with Crippen molar-refractivity contribution in [1.82, 2.24) is 15.6 Å². The summed E-state index contributed by atoms with van der Waals surface area (Å²) in [6.45, 7) is 3.57. The molecule has 0 aliphatic heterocycles. The van der Waals surface area contributed by atoms with Crippen molar-refractivity contribution in [2.24, 2.45) is 4.99 Å². The molecule has 1 heterocycles. The van der Waals surface area contributed by atoms with Gasteiger partial charge < -0.3 is 10.6 Å². The van der Waals surface area contributed by atoms with Crippen molar-refractivity contribution in [1.29, 1.82) is 0 Å². The van der Waals surface area contributed by atoms with Crippen molar-refractivity contribution in [2.45, 2.75) is 26.4 Å². The molecule has 0 spiro atoms. The number of halogens is 2. The van der Waals surface area contributed by atoms with Crippen molar-refractivity contribution < 1.29 is 0 Å². The Morgan fingerprint density at radius 1 is 1.09 bits per heavy atom.